The van der Waals surface area contributed by atoms with Crippen LogP contribution in [0.1, 0.15) is 0 Å². The highest BCUT2D eigenvalue weighted by atomic mass is 16.5. The van der Waals surface area contributed by atoms with Gasteiger partial charge in [-0.3, -0.25) is 0 Å². The Hall–Kier alpha value is -2.87. The monoisotopic (exact) mass is 285 g/mol. The SMILES string of the molecule is COc1cccc(-c2ccc3nc4ccccc4cc3c2)c1. The summed E-state index contributed by atoms with van der Waals surface area (Å²) >= 11 is 0. The highest BCUT2D eigenvalue weighted by Gasteiger charge is 2.04. The molecule has 1 aromatic heterocycles. The lowest BCUT2D eigenvalue weighted by atomic mass is 10.0. The summed E-state index contributed by atoms with van der Waals surface area (Å²) in [7, 11) is 1.69. The third-order valence-corrected chi connectivity index (χ3v) is 3.92. The Kier molecular flexibility index (Phi) is 3.01. The fraction of sp³-hybridized carbons (Fsp3) is 0.0500. The Bertz CT molecular complexity index is 975. The predicted octanol–water partition coefficient (Wildman–Crippen LogP) is 5.06. The van der Waals surface area contributed by atoms with Gasteiger partial charge >= 0.3 is 0 Å². The minimum absolute atomic E-state index is 0.870. The molecule has 0 aliphatic heterocycles. The second-order valence-electron chi connectivity index (χ2n) is 5.32. The molecule has 0 aliphatic rings. The standard InChI is InChI=1S/C20H15NO/c1-22-18-7-4-6-14(13-18)15-9-10-20-17(11-15)12-16-5-2-3-8-19(16)21-20/h2-13H,1H3. The molecule has 4 aromatic rings. The molecule has 4 rings (SSSR count). The highest BCUT2D eigenvalue weighted by Crippen LogP contribution is 2.28. The fourth-order valence-electron chi connectivity index (χ4n) is 2.76. The fourth-order valence-corrected chi connectivity index (χ4v) is 2.76. The van der Waals surface area contributed by atoms with Crippen LogP contribution in [-0.4, -0.2) is 12.1 Å². The van der Waals surface area contributed by atoms with Gasteiger partial charge in [-0.05, 0) is 47.5 Å². The lowest BCUT2D eigenvalue weighted by molar-refractivity contribution is 0.415. The minimum atomic E-state index is 0.870. The van der Waals surface area contributed by atoms with Gasteiger partial charge in [0.15, 0.2) is 0 Å². The van der Waals surface area contributed by atoms with Gasteiger partial charge < -0.3 is 4.74 Å². The van der Waals surface area contributed by atoms with E-state index in [1.807, 2.05) is 30.3 Å². The van der Waals surface area contributed by atoms with Crippen LogP contribution < -0.4 is 4.74 Å². The third kappa shape index (κ3) is 2.19. The Morgan fingerprint density at radius 3 is 2.41 bits per heavy atom. The first kappa shape index (κ1) is 12.8. The van der Waals surface area contributed by atoms with Crippen LogP contribution >= 0.6 is 0 Å². The smallest absolute Gasteiger partial charge is 0.119 e. The number of pyridine rings is 1. The molecule has 2 heteroatoms. The van der Waals surface area contributed by atoms with Crippen LogP contribution in [0.5, 0.6) is 5.75 Å². The second-order valence-corrected chi connectivity index (χ2v) is 5.32. The normalized spacial score (nSPS) is 11.0. The van der Waals surface area contributed by atoms with E-state index in [9.17, 15) is 0 Å². The van der Waals surface area contributed by atoms with Gasteiger partial charge in [0.05, 0.1) is 18.1 Å². The van der Waals surface area contributed by atoms with E-state index in [0.29, 0.717) is 0 Å². The van der Waals surface area contributed by atoms with Gasteiger partial charge in [-0.15, -0.1) is 0 Å². The summed E-state index contributed by atoms with van der Waals surface area (Å²) in [6, 6.07) is 24.9. The zero-order valence-corrected chi connectivity index (χ0v) is 12.3. The van der Waals surface area contributed by atoms with Crippen LogP contribution in [0.4, 0.5) is 0 Å². The van der Waals surface area contributed by atoms with Crippen molar-refractivity contribution >= 4 is 21.8 Å². The summed E-state index contributed by atoms with van der Waals surface area (Å²) in [5, 5.41) is 2.32. The molecule has 22 heavy (non-hydrogen) atoms. The molecule has 0 fully saturated rings. The number of ether oxygens (including phenoxy) is 1. The molecule has 0 spiro atoms. The number of hydrogen-bond acceptors (Lipinski definition) is 2. The van der Waals surface area contributed by atoms with Crippen molar-refractivity contribution in [3.8, 4) is 16.9 Å². The molecule has 0 bridgehead atoms. The zero-order valence-electron chi connectivity index (χ0n) is 12.3. The van der Waals surface area contributed by atoms with E-state index >= 15 is 0 Å². The number of para-hydroxylation sites is 1. The maximum absolute atomic E-state index is 5.31. The van der Waals surface area contributed by atoms with Gasteiger partial charge in [0, 0.05) is 10.8 Å². The van der Waals surface area contributed by atoms with Gasteiger partial charge in [0.2, 0.25) is 0 Å². The first-order valence-corrected chi connectivity index (χ1v) is 7.27. The van der Waals surface area contributed by atoms with Gasteiger partial charge in [-0.25, -0.2) is 4.98 Å². The molecule has 3 aromatic carbocycles. The average Bonchev–Trinajstić information content (AvgIpc) is 2.59. The number of fused-ring (bicyclic) bond motifs is 2. The van der Waals surface area contributed by atoms with Crippen LogP contribution in [-0.2, 0) is 0 Å². The highest BCUT2D eigenvalue weighted by molar-refractivity contribution is 5.94. The first-order valence-electron chi connectivity index (χ1n) is 7.27. The van der Waals surface area contributed by atoms with Gasteiger partial charge in [-0.1, -0.05) is 36.4 Å². The molecule has 0 saturated carbocycles. The summed E-state index contributed by atoms with van der Waals surface area (Å²) in [4.78, 5) is 4.72. The average molecular weight is 285 g/mol. The molecular weight excluding hydrogens is 270 g/mol. The molecule has 0 unspecified atom stereocenters. The van der Waals surface area contributed by atoms with Crippen molar-refractivity contribution < 1.29 is 4.74 Å². The van der Waals surface area contributed by atoms with Crippen LogP contribution in [0.2, 0.25) is 0 Å². The van der Waals surface area contributed by atoms with E-state index in [4.69, 9.17) is 9.72 Å². The van der Waals surface area contributed by atoms with Crippen molar-refractivity contribution in [2.24, 2.45) is 0 Å². The van der Waals surface area contributed by atoms with Gasteiger partial charge in [-0.2, -0.15) is 0 Å². The van der Waals surface area contributed by atoms with Crippen LogP contribution in [0.3, 0.4) is 0 Å². The molecule has 106 valence electrons. The molecule has 0 N–H and O–H groups in total. The summed E-state index contributed by atoms with van der Waals surface area (Å²) in [5.41, 5.74) is 4.37. The Morgan fingerprint density at radius 1 is 0.682 bits per heavy atom. The van der Waals surface area contributed by atoms with Crippen molar-refractivity contribution in [2.45, 2.75) is 0 Å². The first-order chi connectivity index (χ1) is 10.8. The van der Waals surface area contributed by atoms with Crippen molar-refractivity contribution in [2.75, 3.05) is 7.11 Å². The van der Waals surface area contributed by atoms with E-state index in [-0.39, 0.29) is 0 Å². The lowest BCUT2D eigenvalue weighted by Gasteiger charge is -2.07. The molecule has 0 amide bonds. The van der Waals surface area contributed by atoms with E-state index in [1.54, 1.807) is 7.11 Å². The maximum atomic E-state index is 5.31. The number of benzene rings is 3. The quantitative estimate of drug-likeness (QED) is 0.480. The van der Waals surface area contributed by atoms with Gasteiger partial charge in [0.1, 0.15) is 5.75 Å². The topological polar surface area (TPSA) is 22.1 Å². The van der Waals surface area contributed by atoms with E-state index in [0.717, 1.165) is 33.1 Å². The van der Waals surface area contributed by atoms with Crippen LogP contribution in [0.15, 0.2) is 72.8 Å². The summed E-state index contributed by atoms with van der Waals surface area (Å²) in [6.07, 6.45) is 0. The summed E-state index contributed by atoms with van der Waals surface area (Å²) in [6.45, 7) is 0. The Morgan fingerprint density at radius 2 is 1.50 bits per heavy atom. The Labute approximate surface area is 129 Å². The second kappa shape index (κ2) is 5.15. The van der Waals surface area contributed by atoms with Crippen molar-refractivity contribution in [3.63, 3.8) is 0 Å². The molecule has 1 heterocycles. The number of nitrogens with zero attached hydrogens (tertiary/aromatic N) is 1. The van der Waals surface area contributed by atoms with Crippen molar-refractivity contribution in [1.82, 2.24) is 4.98 Å². The number of rotatable bonds is 2. The minimum Gasteiger partial charge on any atom is -0.497 e. The lowest BCUT2D eigenvalue weighted by Crippen LogP contribution is -1.86. The van der Waals surface area contributed by atoms with Gasteiger partial charge in [0.25, 0.3) is 0 Å². The number of hydrogen-bond donors (Lipinski definition) is 0. The molecular formula is C20H15NO. The summed E-state index contributed by atoms with van der Waals surface area (Å²) in [5.74, 6) is 0.870. The predicted molar refractivity (Wildman–Crippen MR) is 91.2 cm³/mol. The Balaban J connectivity index is 1.90. The number of aromatic nitrogens is 1. The molecule has 0 radical (unpaired) electrons. The number of methoxy groups -OCH3 is 1. The summed E-state index contributed by atoms with van der Waals surface area (Å²) < 4.78 is 5.31. The maximum Gasteiger partial charge on any atom is 0.119 e. The molecule has 0 saturated heterocycles. The largest absolute Gasteiger partial charge is 0.497 e. The molecule has 0 atom stereocenters. The van der Waals surface area contributed by atoms with E-state index in [2.05, 4.69) is 42.5 Å². The van der Waals surface area contributed by atoms with Crippen molar-refractivity contribution in [3.05, 3.63) is 72.8 Å². The third-order valence-electron chi connectivity index (χ3n) is 3.92. The zero-order chi connectivity index (χ0) is 14.9. The molecule has 2 nitrogen and oxygen atoms in total. The van der Waals surface area contributed by atoms with Crippen LogP contribution in [0.25, 0.3) is 32.9 Å². The molecule has 0 aliphatic carbocycles. The van der Waals surface area contributed by atoms with E-state index < -0.39 is 0 Å². The van der Waals surface area contributed by atoms with Crippen LogP contribution in [0, 0.1) is 0 Å². The van der Waals surface area contributed by atoms with Crippen molar-refractivity contribution in [1.29, 1.82) is 0 Å². The van der Waals surface area contributed by atoms with E-state index in [1.165, 1.54) is 5.56 Å².